The van der Waals surface area contributed by atoms with Crippen molar-refractivity contribution in [2.24, 2.45) is 0 Å². The number of rotatable bonds is 7. The van der Waals surface area contributed by atoms with Gasteiger partial charge >= 0.3 is 0 Å². The summed E-state index contributed by atoms with van der Waals surface area (Å²) in [6.07, 6.45) is 1.02. The average Bonchev–Trinajstić information content (AvgIpc) is 3.24. The molecule has 0 unspecified atom stereocenters. The number of ether oxygens (including phenoxy) is 3. The van der Waals surface area contributed by atoms with Gasteiger partial charge in [0.25, 0.3) is 0 Å². The standard InChI is InChI=1S/C31H30N2O3/c1-34-25-14-21(15-26(16-25)35-2)20-36-24-10-11-30-29(17-24)28-12-13-32-18-31(28)33(30)19-23-8-5-7-22-6-3-4-9-27(22)23/h3-11,14-17,32H,12-13,18-20H2,1-2H3. The van der Waals surface area contributed by atoms with Crippen molar-refractivity contribution in [3.63, 3.8) is 0 Å². The van der Waals surface area contributed by atoms with Crippen molar-refractivity contribution in [2.45, 2.75) is 26.1 Å². The zero-order chi connectivity index (χ0) is 24.5. The normalized spacial score (nSPS) is 13.1. The average molecular weight is 479 g/mol. The SMILES string of the molecule is COc1cc(COc2ccc3c(c2)c2c(n3Cc3cccc4ccccc34)CNCC2)cc(OC)c1. The molecule has 2 heterocycles. The topological polar surface area (TPSA) is 44.7 Å². The smallest absolute Gasteiger partial charge is 0.122 e. The highest BCUT2D eigenvalue weighted by Crippen LogP contribution is 2.33. The molecule has 0 spiro atoms. The van der Waals surface area contributed by atoms with E-state index in [0.29, 0.717) is 6.61 Å². The molecule has 0 saturated carbocycles. The fraction of sp³-hybridized carbons (Fsp3) is 0.226. The monoisotopic (exact) mass is 478 g/mol. The predicted octanol–water partition coefficient (Wildman–Crippen LogP) is 6.08. The zero-order valence-electron chi connectivity index (χ0n) is 20.7. The molecule has 5 aromatic rings. The van der Waals surface area contributed by atoms with E-state index in [9.17, 15) is 0 Å². The lowest BCUT2D eigenvalue weighted by Gasteiger charge is -2.18. The molecule has 1 aliphatic heterocycles. The summed E-state index contributed by atoms with van der Waals surface area (Å²) < 4.78 is 19.5. The second kappa shape index (κ2) is 9.59. The molecule has 6 rings (SSSR count). The largest absolute Gasteiger partial charge is 0.497 e. The third kappa shape index (κ3) is 4.16. The van der Waals surface area contributed by atoms with Crippen molar-refractivity contribution in [1.82, 2.24) is 9.88 Å². The Labute approximate surface area is 211 Å². The van der Waals surface area contributed by atoms with Gasteiger partial charge in [-0.15, -0.1) is 0 Å². The Hall–Kier alpha value is -3.96. The molecule has 0 saturated heterocycles. The van der Waals surface area contributed by atoms with Gasteiger partial charge in [-0.1, -0.05) is 42.5 Å². The van der Waals surface area contributed by atoms with Gasteiger partial charge in [-0.05, 0) is 70.8 Å². The molecule has 0 aliphatic carbocycles. The van der Waals surface area contributed by atoms with Crippen LogP contribution in [0.2, 0.25) is 0 Å². The second-order valence-electron chi connectivity index (χ2n) is 9.26. The summed E-state index contributed by atoms with van der Waals surface area (Å²) >= 11 is 0. The van der Waals surface area contributed by atoms with E-state index in [0.717, 1.165) is 48.9 Å². The molecule has 1 aliphatic rings. The van der Waals surface area contributed by atoms with Crippen LogP contribution in [0.4, 0.5) is 0 Å². The van der Waals surface area contributed by atoms with Gasteiger partial charge in [-0.2, -0.15) is 0 Å². The van der Waals surface area contributed by atoms with Crippen LogP contribution in [-0.2, 0) is 26.1 Å². The number of fused-ring (bicyclic) bond motifs is 4. The molecule has 1 N–H and O–H groups in total. The summed E-state index contributed by atoms with van der Waals surface area (Å²) in [7, 11) is 3.32. The number of benzene rings is 4. The first-order valence-corrected chi connectivity index (χ1v) is 12.4. The molecule has 5 nitrogen and oxygen atoms in total. The number of methoxy groups -OCH3 is 2. The molecule has 1 aromatic heterocycles. The van der Waals surface area contributed by atoms with Crippen LogP contribution in [0.1, 0.15) is 22.4 Å². The maximum absolute atomic E-state index is 6.24. The van der Waals surface area contributed by atoms with Gasteiger partial charge in [0.15, 0.2) is 0 Å². The van der Waals surface area contributed by atoms with Crippen LogP contribution in [0.3, 0.4) is 0 Å². The summed E-state index contributed by atoms with van der Waals surface area (Å²) in [5.74, 6) is 2.39. The van der Waals surface area contributed by atoms with Crippen LogP contribution in [0.25, 0.3) is 21.7 Å². The molecule has 4 aromatic carbocycles. The summed E-state index contributed by atoms with van der Waals surface area (Å²) in [5.41, 5.74) is 6.40. The number of hydrogen-bond donors (Lipinski definition) is 1. The summed E-state index contributed by atoms with van der Waals surface area (Å²) in [6.45, 7) is 3.17. The van der Waals surface area contributed by atoms with Gasteiger partial charge in [0, 0.05) is 35.8 Å². The maximum Gasteiger partial charge on any atom is 0.122 e. The van der Waals surface area contributed by atoms with Crippen molar-refractivity contribution in [1.29, 1.82) is 0 Å². The highest BCUT2D eigenvalue weighted by molar-refractivity contribution is 5.89. The Morgan fingerprint density at radius 2 is 1.61 bits per heavy atom. The second-order valence-corrected chi connectivity index (χ2v) is 9.26. The molecule has 5 heteroatoms. The van der Waals surface area contributed by atoms with E-state index >= 15 is 0 Å². The van der Waals surface area contributed by atoms with Gasteiger partial charge < -0.3 is 24.1 Å². The molecular formula is C31H30N2O3. The molecule has 36 heavy (non-hydrogen) atoms. The van der Waals surface area contributed by atoms with E-state index in [2.05, 4.69) is 70.5 Å². The molecule has 0 radical (unpaired) electrons. The van der Waals surface area contributed by atoms with E-state index in [4.69, 9.17) is 14.2 Å². The number of nitrogens with one attached hydrogen (secondary N) is 1. The number of aromatic nitrogens is 1. The van der Waals surface area contributed by atoms with Crippen LogP contribution < -0.4 is 19.5 Å². The van der Waals surface area contributed by atoms with Crippen LogP contribution in [0, 0.1) is 0 Å². The first-order chi connectivity index (χ1) is 17.7. The van der Waals surface area contributed by atoms with E-state index in [1.807, 2.05) is 18.2 Å². The lowest BCUT2D eigenvalue weighted by atomic mass is 10.0. The highest BCUT2D eigenvalue weighted by atomic mass is 16.5. The van der Waals surface area contributed by atoms with Crippen molar-refractivity contribution in [3.8, 4) is 17.2 Å². The first-order valence-electron chi connectivity index (χ1n) is 12.4. The molecule has 0 fully saturated rings. The molecular weight excluding hydrogens is 448 g/mol. The fourth-order valence-electron chi connectivity index (χ4n) is 5.34. The van der Waals surface area contributed by atoms with Crippen molar-refractivity contribution in [3.05, 3.63) is 101 Å². The Morgan fingerprint density at radius 1 is 0.806 bits per heavy atom. The molecule has 182 valence electrons. The Balaban J connectivity index is 1.35. The van der Waals surface area contributed by atoms with Gasteiger partial charge in [0.2, 0.25) is 0 Å². The summed E-state index contributed by atoms with van der Waals surface area (Å²) in [4.78, 5) is 0. The van der Waals surface area contributed by atoms with Crippen molar-refractivity contribution in [2.75, 3.05) is 20.8 Å². The lowest BCUT2D eigenvalue weighted by Crippen LogP contribution is -2.25. The minimum absolute atomic E-state index is 0.444. The minimum atomic E-state index is 0.444. The Kier molecular flexibility index (Phi) is 5.99. The van der Waals surface area contributed by atoms with E-state index in [-0.39, 0.29) is 0 Å². The van der Waals surface area contributed by atoms with Gasteiger partial charge in [-0.25, -0.2) is 0 Å². The van der Waals surface area contributed by atoms with Crippen molar-refractivity contribution >= 4 is 21.7 Å². The first kappa shape index (κ1) is 22.5. The predicted molar refractivity (Wildman–Crippen MR) is 144 cm³/mol. The van der Waals surface area contributed by atoms with E-state index < -0.39 is 0 Å². The van der Waals surface area contributed by atoms with E-state index in [1.165, 1.54) is 38.5 Å². The van der Waals surface area contributed by atoms with E-state index in [1.54, 1.807) is 14.2 Å². The van der Waals surface area contributed by atoms with Crippen LogP contribution in [-0.4, -0.2) is 25.3 Å². The fourth-order valence-corrected chi connectivity index (χ4v) is 5.34. The number of nitrogens with zero attached hydrogens (tertiary/aromatic N) is 1. The highest BCUT2D eigenvalue weighted by Gasteiger charge is 2.21. The third-order valence-corrected chi connectivity index (χ3v) is 7.13. The van der Waals surface area contributed by atoms with Crippen molar-refractivity contribution < 1.29 is 14.2 Å². The molecule has 0 amide bonds. The van der Waals surface area contributed by atoms with Crippen LogP contribution >= 0.6 is 0 Å². The van der Waals surface area contributed by atoms with Gasteiger partial charge in [0.05, 0.1) is 14.2 Å². The molecule has 0 atom stereocenters. The minimum Gasteiger partial charge on any atom is -0.497 e. The maximum atomic E-state index is 6.24. The molecule has 0 bridgehead atoms. The van der Waals surface area contributed by atoms with Crippen LogP contribution in [0.15, 0.2) is 78.9 Å². The number of hydrogen-bond acceptors (Lipinski definition) is 4. The zero-order valence-corrected chi connectivity index (χ0v) is 20.7. The quantitative estimate of drug-likeness (QED) is 0.308. The van der Waals surface area contributed by atoms with Gasteiger partial charge in [0.1, 0.15) is 23.9 Å². The van der Waals surface area contributed by atoms with Gasteiger partial charge in [-0.3, -0.25) is 0 Å². The lowest BCUT2D eigenvalue weighted by molar-refractivity contribution is 0.304. The summed E-state index contributed by atoms with van der Waals surface area (Å²) in [6, 6.07) is 27.6. The summed E-state index contributed by atoms with van der Waals surface area (Å²) in [5, 5.41) is 7.45. The van der Waals surface area contributed by atoms with Crippen LogP contribution in [0.5, 0.6) is 17.2 Å². The Morgan fingerprint density at radius 3 is 2.44 bits per heavy atom. The Bertz CT molecular complexity index is 1530. The third-order valence-electron chi connectivity index (χ3n) is 7.13.